The average Bonchev–Trinajstić information content (AvgIpc) is 3.37. The first-order valence-electron chi connectivity index (χ1n) is 13.7. The molecule has 2 heterocycles. The number of imidazole rings is 1. The van der Waals surface area contributed by atoms with Gasteiger partial charge in [-0.05, 0) is 93.3 Å². The largest absolute Gasteiger partial charge is 0.296 e. The maximum Gasteiger partial charge on any atom is 0.146 e. The van der Waals surface area contributed by atoms with Crippen molar-refractivity contribution in [1.82, 2.24) is 9.38 Å². The van der Waals surface area contributed by atoms with Crippen LogP contribution in [0, 0.1) is 5.41 Å². The molecule has 6 rings (SSSR count). The Morgan fingerprint density at radius 3 is 2.20 bits per heavy atom. The minimum atomic E-state index is 0.0102. The van der Waals surface area contributed by atoms with Crippen molar-refractivity contribution in [2.75, 3.05) is 0 Å². The second-order valence-electron chi connectivity index (χ2n) is 14.1. The van der Waals surface area contributed by atoms with Crippen LogP contribution in [0.1, 0.15) is 116 Å². The van der Waals surface area contributed by atoms with Gasteiger partial charge >= 0.3 is 0 Å². The van der Waals surface area contributed by atoms with Crippen LogP contribution < -0.4 is 0 Å². The Hall–Kier alpha value is -2.35. The molecular formula is C33H42N2. The van der Waals surface area contributed by atoms with Crippen molar-refractivity contribution in [2.45, 2.75) is 111 Å². The number of fused-ring (bicyclic) bond motifs is 7. The molecule has 2 aromatic heterocycles. The number of rotatable bonds is 1. The lowest BCUT2D eigenvalue weighted by molar-refractivity contribution is 0.125. The predicted molar refractivity (Wildman–Crippen MR) is 150 cm³/mol. The molecule has 2 aliphatic carbocycles. The van der Waals surface area contributed by atoms with E-state index >= 15 is 0 Å². The molecule has 0 spiro atoms. The zero-order valence-corrected chi connectivity index (χ0v) is 23.5. The number of aromatic nitrogens is 2. The first-order valence-corrected chi connectivity index (χ1v) is 13.7. The molecule has 0 saturated heterocycles. The molecule has 2 nitrogen and oxygen atoms in total. The molecule has 2 heteroatoms. The second-order valence-corrected chi connectivity index (χ2v) is 14.1. The van der Waals surface area contributed by atoms with E-state index in [2.05, 4.69) is 104 Å². The monoisotopic (exact) mass is 466 g/mol. The quantitative estimate of drug-likeness (QED) is 0.273. The average molecular weight is 467 g/mol. The third-order valence-corrected chi connectivity index (χ3v) is 10.8. The van der Waals surface area contributed by atoms with E-state index < -0.39 is 0 Å². The molecule has 0 bridgehead atoms. The Balaban J connectivity index is 1.75. The Morgan fingerprint density at radius 1 is 0.914 bits per heavy atom. The summed E-state index contributed by atoms with van der Waals surface area (Å²) in [4.78, 5) is 5.38. The van der Waals surface area contributed by atoms with Gasteiger partial charge in [0.05, 0.1) is 11.0 Å². The van der Waals surface area contributed by atoms with E-state index in [4.69, 9.17) is 4.98 Å². The third kappa shape index (κ3) is 2.75. The number of aryl methyl sites for hydroxylation is 1. The summed E-state index contributed by atoms with van der Waals surface area (Å²) in [6.45, 7) is 23.9. The predicted octanol–water partition coefficient (Wildman–Crippen LogP) is 8.97. The minimum absolute atomic E-state index is 0.0102. The van der Waals surface area contributed by atoms with Crippen LogP contribution in [-0.4, -0.2) is 9.38 Å². The van der Waals surface area contributed by atoms with Crippen molar-refractivity contribution in [1.29, 1.82) is 0 Å². The highest BCUT2D eigenvalue weighted by atomic mass is 15.0. The van der Waals surface area contributed by atoms with Gasteiger partial charge in [0.15, 0.2) is 0 Å². The zero-order chi connectivity index (χ0) is 25.3. The summed E-state index contributed by atoms with van der Waals surface area (Å²) in [7, 11) is 0. The second kappa shape index (κ2) is 6.69. The number of hydrogen-bond acceptors (Lipinski definition) is 1. The summed E-state index contributed by atoms with van der Waals surface area (Å²) < 4.78 is 2.49. The molecule has 2 aliphatic rings. The van der Waals surface area contributed by atoms with Crippen molar-refractivity contribution in [2.24, 2.45) is 5.41 Å². The van der Waals surface area contributed by atoms with Gasteiger partial charge < -0.3 is 0 Å². The molecule has 1 atom stereocenters. The van der Waals surface area contributed by atoms with Gasteiger partial charge in [0.25, 0.3) is 0 Å². The zero-order valence-electron chi connectivity index (χ0n) is 23.5. The number of hydrogen-bond donors (Lipinski definition) is 0. The Morgan fingerprint density at radius 2 is 1.57 bits per heavy atom. The normalized spacial score (nSPS) is 22.3. The summed E-state index contributed by atoms with van der Waals surface area (Å²) in [5, 5.41) is 2.66. The standard InChI is InChI=1S/C33H42N2/c1-11-19-12-13-20-14-23-21(15-22(19)20)16-28(30(2,3)4)35-27-18-25-24(17-26(27)34-29(23)35)31(5,6)33(9,10)32(25,7)8/h14-19H,11-13H2,1-10H3. The van der Waals surface area contributed by atoms with Crippen molar-refractivity contribution in [3.05, 3.63) is 58.3 Å². The molecule has 2 aromatic carbocycles. The van der Waals surface area contributed by atoms with Gasteiger partial charge in [-0.15, -0.1) is 0 Å². The van der Waals surface area contributed by atoms with Gasteiger partial charge in [-0.3, -0.25) is 4.40 Å². The molecule has 0 fully saturated rings. The van der Waals surface area contributed by atoms with Crippen LogP contribution in [0.15, 0.2) is 30.3 Å². The number of nitrogens with zero attached hydrogens (tertiary/aromatic N) is 2. The van der Waals surface area contributed by atoms with Crippen LogP contribution in [0.3, 0.4) is 0 Å². The topological polar surface area (TPSA) is 17.3 Å². The fraction of sp³-hybridized carbons (Fsp3) is 0.545. The summed E-state index contributed by atoms with van der Waals surface area (Å²) in [5.74, 6) is 0.707. The fourth-order valence-electron chi connectivity index (χ4n) is 7.30. The van der Waals surface area contributed by atoms with Crippen LogP contribution in [-0.2, 0) is 22.7 Å². The lowest BCUT2D eigenvalue weighted by Gasteiger charge is -2.44. The van der Waals surface area contributed by atoms with Gasteiger partial charge in [-0.2, -0.15) is 0 Å². The van der Waals surface area contributed by atoms with Gasteiger partial charge in [0.2, 0.25) is 0 Å². The molecule has 0 amide bonds. The minimum Gasteiger partial charge on any atom is -0.296 e. The Kier molecular flexibility index (Phi) is 4.41. The highest BCUT2D eigenvalue weighted by molar-refractivity contribution is 6.00. The van der Waals surface area contributed by atoms with E-state index in [1.54, 1.807) is 5.56 Å². The Bertz CT molecular complexity index is 1540. The van der Waals surface area contributed by atoms with Crippen molar-refractivity contribution >= 4 is 27.5 Å². The van der Waals surface area contributed by atoms with E-state index in [1.165, 1.54) is 57.9 Å². The van der Waals surface area contributed by atoms with E-state index in [0.29, 0.717) is 5.92 Å². The third-order valence-electron chi connectivity index (χ3n) is 10.8. The van der Waals surface area contributed by atoms with E-state index in [0.717, 1.165) is 11.2 Å². The molecule has 35 heavy (non-hydrogen) atoms. The SMILES string of the molecule is CCC1CCc2cc3c(cc21)cc(C(C)(C)C)n1c2cc4c(cc2nc31)C(C)(C)C(C)(C)C4(C)C. The summed E-state index contributed by atoms with van der Waals surface area (Å²) in [6.07, 6.45) is 3.71. The lowest BCUT2D eigenvalue weighted by Crippen LogP contribution is -2.42. The molecule has 1 unspecified atom stereocenters. The van der Waals surface area contributed by atoms with Crippen LogP contribution in [0.4, 0.5) is 0 Å². The van der Waals surface area contributed by atoms with Gasteiger partial charge in [-0.1, -0.05) is 75.3 Å². The maximum atomic E-state index is 5.38. The smallest absolute Gasteiger partial charge is 0.146 e. The van der Waals surface area contributed by atoms with Crippen molar-refractivity contribution in [3.8, 4) is 0 Å². The fourth-order valence-corrected chi connectivity index (χ4v) is 7.30. The number of pyridine rings is 1. The van der Waals surface area contributed by atoms with Gasteiger partial charge in [-0.25, -0.2) is 4.98 Å². The van der Waals surface area contributed by atoms with Crippen LogP contribution in [0.25, 0.3) is 27.5 Å². The molecule has 0 saturated carbocycles. The first kappa shape index (κ1) is 23.1. The maximum absolute atomic E-state index is 5.38. The molecular weight excluding hydrogens is 424 g/mol. The highest BCUT2D eigenvalue weighted by Crippen LogP contribution is 2.62. The van der Waals surface area contributed by atoms with Crippen LogP contribution in [0.2, 0.25) is 0 Å². The summed E-state index contributed by atoms with van der Waals surface area (Å²) in [6, 6.07) is 12.3. The molecule has 0 aliphatic heterocycles. The van der Waals surface area contributed by atoms with E-state index in [1.807, 2.05) is 0 Å². The first-order chi connectivity index (χ1) is 16.2. The summed E-state index contributed by atoms with van der Waals surface area (Å²) in [5.41, 5.74) is 11.3. The lowest BCUT2D eigenvalue weighted by atomic mass is 9.59. The Labute approximate surface area is 211 Å². The highest BCUT2D eigenvalue weighted by Gasteiger charge is 2.57. The molecule has 0 radical (unpaired) electrons. The van der Waals surface area contributed by atoms with Gasteiger partial charge in [0.1, 0.15) is 5.65 Å². The molecule has 4 aromatic rings. The van der Waals surface area contributed by atoms with Crippen LogP contribution in [0.5, 0.6) is 0 Å². The number of benzene rings is 2. The van der Waals surface area contributed by atoms with E-state index in [-0.39, 0.29) is 21.7 Å². The van der Waals surface area contributed by atoms with Gasteiger partial charge in [0, 0.05) is 16.5 Å². The molecule has 0 N–H and O–H groups in total. The van der Waals surface area contributed by atoms with E-state index in [9.17, 15) is 0 Å². The summed E-state index contributed by atoms with van der Waals surface area (Å²) >= 11 is 0. The van der Waals surface area contributed by atoms with Crippen molar-refractivity contribution in [3.63, 3.8) is 0 Å². The van der Waals surface area contributed by atoms with Crippen LogP contribution >= 0.6 is 0 Å². The van der Waals surface area contributed by atoms with Crippen molar-refractivity contribution < 1.29 is 0 Å². The molecule has 184 valence electrons.